The quantitative estimate of drug-likeness (QED) is 0.836. The monoisotopic (exact) mass is 279 g/mol. The minimum Gasteiger partial charge on any atom is -0.493 e. The van der Waals surface area contributed by atoms with Gasteiger partial charge in [0.2, 0.25) is 0 Å². The van der Waals surface area contributed by atoms with Gasteiger partial charge in [0.1, 0.15) is 11.6 Å². The summed E-state index contributed by atoms with van der Waals surface area (Å²) in [4.78, 5) is 0. The molecule has 0 atom stereocenters. The molecule has 0 aliphatic carbocycles. The Labute approximate surface area is 117 Å². The molecule has 0 radical (unpaired) electrons. The summed E-state index contributed by atoms with van der Waals surface area (Å²) in [5.41, 5.74) is 2.15. The van der Waals surface area contributed by atoms with E-state index in [1.54, 1.807) is 17.4 Å². The van der Waals surface area contributed by atoms with E-state index in [4.69, 9.17) is 4.74 Å². The van der Waals surface area contributed by atoms with Crippen LogP contribution >= 0.6 is 11.3 Å². The van der Waals surface area contributed by atoms with E-state index in [1.165, 1.54) is 17.7 Å². The zero-order valence-corrected chi connectivity index (χ0v) is 11.8. The molecule has 0 unspecified atom stereocenters. The standard InChI is InChI=1S/C15H18FNOS/c1-2-17-10-13-9-14(16)3-4-15(13)18-7-5-12-6-8-19-11-12/h3-4,6,8-9,11,17H,2,5,7,10H2,1H3. The predicted octanol–water partition coefficient (Wildman–Crippen LogP) is 3.62. The lowest BCUT2D eigenvalue weighted by atomic mass is 10.2. The molecule has 2 rings (SSSR count). The van der Waals surface area contributed by atoms with Gasteiger partial charge in [0, 0.05) is 18.5 Å². The van der Waals surface area contributed by atoms with Crippen LogP contribution in [0.2, 0.25) is 0 Å². The molecule has 0 saturated carbocycles. The maximum Gasteiger partial charge on any atom is 0.123 e. The summed E-state index contributed by atoms with van der Waals surface area (Å²) in [7, 11) is 0. The molecule has 19 heavy (non-hydrogen) atoms. The maximum absolute atomic E-state index is 13.2. The Bertz CT molecular complexity index is 499. The molecule has 2 aromatic rings. The van der Waals surface area contributed by atoms with Crippen LogP contribution in [0.3, 0.4) is 0 Å². The molecule has 2 nitrogen and oxygen atoms in total. The highest BCUT2D eigenvalue weighted by atomic mass is 32.1. The lowest BCUT2D eigenvalue weighted by Crippen LogP contribution is -2.13. The molecule has 0 spiro atoms. The van der Waals surface area contributed by atoms with Crippen molar-refractivity contribution < 1.29 is 9.13 Å². The third kappa shape index (κ3) is 4.33. The highest BCUT2D eigenvalue weighted by Gasteiger charge is 2.05. The number of nitrogens with one attached hydrogen (secondary N) is 1. The second-order valence-corrected chi connectivity index (χ2v) is 5.04. The molecule has 1 heterocycles. The van der Waals surface area contributed by atoms with Gasteiger partial charge in [0.05, 0.1) is 6.61 Å². The van der Waals surface area contributed by atoms with E-state index < -0.39 is 0 Å². The highest BCUT2D eigenvalue weighted by Crippen LogP contribution is 2.20. The summed E-state index contributed by atoms with van der Waals surface area (Å²) in [6, 6.07) is 6.77. The average Bonchev–Trinajstić information content (AvgIpc) is 2.91. The largest absolute Gasteiger partial charge is 0.493 e. The van der Waals surface area contributed by atoms with Gasteiger partial charge in [-0.25, -0.2) is 4.39 Å². The van der Waals surface area contributed by atoms with Crippen LogP contribution in [0.1, 0.15) is 18.1 Å². The van der Waals surface area contributed by atoms with E-state index in [2.05, 4.69) is 22.1 Å². The van der Waals surface area contributed by atoms with Crippen LogP contribution in [0, 0.1) is 5.82 Å². The Kier molecular flexibility index (Phi) is 5.36. The fraction of sp³-hybridized carbons (Fsp3) is 0.333. The zero-order valence-electron chi connectivity index (χ0n) is 11.0. The minimum atomic E-state index is -0.224. The van der Waals surface area contributed by atoms with Crippen molar-refractivity contribution in [2.45, 2.75) is 19.9 Å². The minimum absolute atomic E-state index is 0.224. The number of benzene rings is 1. The molecule has 0 amide bonds. The summed E-state index contributed by atoms with van der Waals surface area (Å²) >= 11 is 1.69. The summed E-state index contributed by atoms with van der Waals surface area (Å²) < 4.78 is 19.0. The molecule has 0 fully saturated rings. The van der Waals surface area contributed by atoms with E-state index in [-0.39, 0.29) is 5.82 Å². The van der Waals surface area contributed by atoms with Crippen LogP contribution in [-0.2, 0) is 13.0 Å². The van der Waals surface area contributed by atoms with Crippen LogP contribution in [-0.4, -0.2) is 13.2 Å². The van der Waals surface area contributed by atoms with Gasteiger partial charge in [-0.1, -0.05) is 6.92 Å². The number of ether oxygens (including phenoxy) is 1. The third-order valence-corrected chi connectivity index (χ3v) is 3.55. The van der Waals surface area contributed by atoms with Crippen molar-refractivity contribution in [1.29, 1.82) is 0 Å². The smallest absolute Gasteiger partial charge is 0.123 e. The van der Waals surface area contributed by atoms with Gasteiger partial charge in [0.25, 0.3) is 0 Å². The van der Waals surface area contributed by atoms with Crippen molar-refractivity contribution in [3.8, 4) is 5.75 Å². The van der Waals surface area contributed by atoms with Crippen molar-refractivity contribution in [3.05, 3.63) is 52.0 Å². The lowest BCUT2D eigenvalue weighted by molar-refractivity contribution is 0.317. The fourth-order valence-electron chi connectivity index (χ4n) is 1.80. The highest BCUT2D eigenvalue weighted by molar-refractivity contribution is 7.07. The average molecular weight is 279 g/mol. The van der Waals surface area contributed by atoms with E-state index in [1.807, 2.05) is 6.92 Å². The van der Waals surface area contributed by atoms with Crippen LogP contribution in [0.5, 0.6) is 5.75 Å². The molecule has 102 valence electrons. The van der Waals surface area contributed by atoms with Crippen molar-refractivity contribution in [3.63, 3.8) is 0 Å². The van der Waals surface area contributed by atoms with Gasteiger partial charge < -0.3 is 10.1 Å². The molecule has 0 bridgehead atoms. The first-order chi connectivity index (χ1) is 9.29. The van der Waals surface area contributed by atoms with Crippen LogP contribution in [0.15, 0.2) is 35.0 Å². The first-order valence-electron chi connectivity index (χ1n) is 6.42. The number of thiophene rings is 1. The van der Waals surface area contributed by atoms with Gasteiger partial charge in [-0.2, -0.15) is 11.3 Å². The molecular weight excluding hydrogens is 261 g/mol. The van der Waals surface area contributed by atoms with Gasteiger partial charge >= 0.3 is 0 Å². The second kappa shape index (κ2) is 7.26. The van der Waals surface area contributed by atoms with Gasteiger partial charge in [0.15, 0.2) is 0 Å². The fourth-order valence-corrected chi connectivity index (χ4v) is 2.50. The Morgan fingerprint density at radius 2 is 2.21 bits per heavy atom. The third-order valence-electron chi connectivity index (χ3n) is 2.82. The van der Waals surface area contributed by atoms with Gasteiger partial charge in [-0.15, -0.1) is 0 Å². The molecule has 0 aliphatic heterocycles. The zero-order chi connectivity index (χ0) is 13.5. The van der Waals surface area contributed by atoms with Gasteiger partial charge in [-0.3, -0.25) is 0 Å². The molecule has 0 saturated heterocycles. The van der Waals surface area contributed by atoms with Crippen LogP contribution < -0.4 is 10.1 Å². The normalized spacial score (nSPS) is 10.6. The first-order valence-corrected chi connectivity index (χ1v) is 7.37. The number of halogens is 1. The molecule has 4 heteroatoms. The summed E-state index contributed by atoms with van der Waals surface area (Å²) in [6.45, 7) is 4.12. The molecular formula is C15H18FNOS. The lowest BCUT2D eigenvalue weighted by Gasteiger charge is -2.11. The first kappa shape index (κ1) is 14.0. The van der Waals surface area contributed by atoms with Crippen molar-refractivity contribution in [2.24, 2.45) is 0 Å². The van der Waals surface area contributed by atoms with Crippen LogP contribution in [0.4, 0.5) is 4.39 Å². The molecule has 0 aliphatic rings. The molecule has 1 aromatic carbocycles. The number of rotatable bonds is 7. The van der Waals surface area contributed by atoms with E-state index >= 15 is 0 Å². The van der Waals surface area contributed by atoms with E-state index in [0.29, 0.717) is 13.2 Å². The van der Waals surface area contributed by atoms with Crippen molar-refractivity contribution in [2.75, 3.05) is 13.2 Å². The number of hydrogen-bond donors (Lipinski definition) is 1. The summed E-state index contributed by atoms with van der Waals surface area (Å²) in [5, 5.41) is 7.37. The van der Waals surface area contributed by atoms with Gasteiger partial charge in [-0.05, 0) is 47.1 Å². The maximum atomic E-state index is 13.2. The predicted molar refractivity (Wildman–Crippen MR) is 77.3 cm³/mol. The Balaban J connectivity index is 1.94. The summed E-state index contributed by atoms with van der Waals surface area (Å²) in [5.74, 6) is 0.538. The Morgan fingerprint density at radius 1 is 1.32 bits per heavy atom. The van der Waals surface area contributed by atoms with E-state index in [0.717, 1.165) is 24.3 Å². The Hall–Kier alpha value is -1.39. The molecule has 1 aromatic heterocycles. The van der Waals surface area contributed by atoms with Crippen LogP contribution in [0.25, 0.3) is 0 Å². The molecule has 1 N–H and O–H groups in total. The van der Waals surface area contributed by atoms with Crippen molar-refractivity contribution >= 4 is 11.3 Å². The summed E-state index contributed by atoms with van der Waals surface area (Å²) in [6.07, 6.45) is 0.877. The Morgan fingerprint density at radius 3 is 2.95 bits per heavy atom. The topological polar surface area (TPSA) is 21.3 Å². The SMILES string of the molecule is CCNCc1cc(F)ccc1OCCc1ccsc1. The number of hydrogen-bond acceptors (Lipinski definition) is 3. The van der Waals surface area contributed by atoms with Crippen molar-refractivity contribution in [1.82, 2.24) is 5.32 Å². The van der Waals surface area contributed by atoms with E-state index in [9.17, 15) is 4.39 Å². The second-order valence-electron chi connectivity index (χ2n) is 4.26.